The largest absolute Gasteiger partial charge is 0.481 e. The molecule has 0 bridgehead atoms. The number of aliphatic carboxylic acids is 1. The average molecular weight is 293 g/mol. The highest BCUT2D eigenvalue weighted by molar-refractivity contribution is 7.12. The number of carboxylic acid groups (broad SMARTS) is 1. The Morgan fingerprint density at radius 3 is 2.50 bits per heavy atom. The van der Waals surface area contributed by atoms with Crippen molar-refractivity contribution in [3.8, 4) is 0 Å². The van der Waals surface area contributed by atoms with Gasteiger partial charge in [0.05, 0.1) is 18.4 Å². The minimum Gasteiger partial charge on any atom is -0.481 e. The van der Waals surface area contributed by atoms with Crippen LogP contribution in [0.25, 0.3) is 0 Å². The second kappa shape index (κ2) is 6.22. The van der Waals surface area contributed by atoms with E-state index in [0.29, 0.717) is 19.4 Å². The van der Waals surface area contributed by atoms with Gasteiger partial charge in [-0.2, -0.15) is 0 Å². The van der Waals surface area contributed by atoms with Crippen LogP contribution in [0.4, 0.5) is 0 Å². The van der Waals surface area contributed by atoms with Gasteiger partial charge in [-0.05, 0) is 38.3 Å². The first-order valence-corrected chi connectivity index (χ1v) is 7.52. The number of carbonyl (C=O) groups is 2. The quantitative estimate of drug-likeness (QED) is 0.839. The number of carboxylic acids is 1. The number of hydrogen-bond acceptors (Lipinski definition) is 3. The lowest BCUT2D eigenvalue weighted by molar-refractivity contribution is -0.147. The third-order valence-corrected chi connectivity index (χ3v) is 4.89. The van der Waals surface area contributed by atoms with Crippen molar-refractivity contribution in [2.45, 2.75) is 33.2 Å². The maximum atomic E-state index is 12.2. The number of hydrogen-bond donors (Lipinski definition) is 2. The normalized spacial score (nSPS) is 21.7. The van der Waals surface area contributed by atoms with E-state index in [9.17, 15) is 14.7 Å². The van der Waals surface area contributed by atoms with Crippen LogP contribution in [0.2, 0.25) is 0 Å². The van der Waals surface area contributed by atoms with Crippen molar-refractivity contribution in [2.24, 2.45) is 11.8 Å². The van der Waals surface area contributed by atoms with Gasteiger partial charge >= 0.3 is 5.97 Å². The molecule has 0 radical (unpaired) electrons. The molecule has 0 unspecified atom stereocenters. The van der Waals surface area contributed by atoms with Gasteiger partial charge in [-0.1, -0.05) is 12.2 Å². The lowest BCUT2D eigenvalue weighted by Crippen LogP contribution is -2.38. The van der Waals surface area contributed by atoms with Gasteiger partial charge in [-0.25, -0.2) is 0 Å². The predicted octanol–water partition coefficient (Wildman–Crippen LogP) is 2.65. The van der Waals surface area contributed by atoms with Gasteiger partial charge in [-0.15, -0.1) is 11.3 Å². The van der Waals surface area contributed by atoms with E-state index in [1.165, 1.54) is 10.4 Å². The molecule has 0 aromatic carbocycles. The van der Waals surface area contributed by atoms with Crippen molar-refractivity contribution in [2.75, 3.05) is 0 Å². The summed E-state index contributed by atoms with van der Waals surface area (Å²) in [5, 5.41) is 12.0. The van der Waals surface area contributed by atoms with Crippen molar-refractivity contribution in [3.63, 3.8) is 0 Å². The van der Waals surface area contributed by atoms with E-state index < -0.39 is 17.8 Å². The molecule has 0 aliphatic heterocycles. The van der Waals surface area contributed by atoms with Gasteiger partial charge in [-0.3, -0.25) is 9.59 Å². The summed E-state index contributed by atoms with van der Waals surface area (Å²) in [7, 11) is 0. The minimum atomic E-state index is -0.891. The fourth-order valence-corrected chi connectivity index (χ4v) is 3.41. The Morgan fingerprint density at radius 2 is 1.95 bits per heavy atom. The highest BCUT2D eigenvalue weighted by atomic mass is 32.1. The van der Waals surface area contributed by atoms with Gasteiger partial charge in [0.25, 0.3) is 0 Å². The molecule has 2 atom stereocenters. The first kappa shape index (κ1) is 14.8. The van der Waals surface area contributed by atoms with Crippen LogP contribution in [0, 0.1) is 25.7 Å². The molecule has 1 heterocycles. The topological polar surface area (TPSA) is 66.4 Å². The monoisotopic (exact) mass is 293 g/mol. The van der Waals surface area contributed by atoms with Crippen molar-refractivity contribution >= 4 is 23.2 Å². The van der Waals surface area contributed by atoms with Crippen LogP contribution >= 0.6 is 11.3 Å². The van der Waals surface area contributed by atoms with Crippen LogP contribution < -0.4 is 5.32 Å². The Bertz CT molecular complexity index is 528. The molecule has 4 nitrogen and oxygen atoms in total. The van der Waals surface area contributed by atoms with E-state index in [1.807, 2.05) is 19.1 Å². The van der Waals surface area contributed by atoms with Gasteiger partial charge in [0, 0.05) is 9.75 Å². The van der Waals surface area contributed by atoms with Crippen molar-refractivity contribution in [1.29, 1.82) is 0 Å². The summed E-state index contributed by atoms with van der Waals surface area (Å²) in [6.07, 6.45) is 4.67. The molecule has 5 heteroatoms. The van der Waals surface area contributed by atoms with Gasteiger partial charge in [0.15, 0.2) is 0 Å². The molecule has 2 rings (SSSR count). The van der Waals surface area contributed by atoms with Crippen molar-refractivity contribution < 1.29 is 14.7 Å². The van der Waals surface area contributed by atoms with E-state index >= 15 is 0 Å². The molecule has 0 spiro atoms. The van der Waals surface area contributed by atoms with Crippen LogP contribution in [-0.4, -0.2) is 17.0 Å². The number of thiophene rings is 1. The predicted molar refractivity (Wildman–Crippen MR) is 78.6 cm³/mol. The van der Waals surface area contributed by atoms with E-state index in [1.54, 1.807) is 11.3 Å². The zero-order chi connectivity index (χ0) is 14.7. The second-order valence-corrected chi connectivity index (χ2v) is 6.50. The summed E-state index contributed by atoms with van der Waals surface area (Å²) >= 11 is 1.67. The summed E-state index contributed by atoms with van der Waals surface area (Å²) in [4.78, 5) is 25.7. The van der Waals surface area contributed by atoms with Gasteiger partial charge in [0.1, 0.15) is 0 Å². The van der Waals surface area contributed by atoms with E-state index in [-0.39, 0.29) is 5.91 Å². The molecule has 0 saturated heterocycles. The molecule has 20 heavy (non-hydrogen) atoms. The van der Waals surface area contributed by atoms with E-state index in [2.05, 4.69) is 18.3 Å². The third kappa shape index (κ3) is 3.28. The molecule has 1 aliphatic rings. The van der Waals surface area contributed by atoms with Gasteiger partial charge < -0.3 is 10.4 Å². The van der Waals surface area contributed by atoms with Gasteiger partial charge in [0.2, 0.25) is 5.91 Å². The van der Waals surface area contributed by atoms with Crippen LogP contribution in [0.15, 0.2) is 18.2 Å². The number of carbonyl (C=O) groups excluding carboxylic acids is 1. The molecule has 1 aliphatic carbocycles. The number of allylic oxidation sites excluding steroid dienone is 2. The highest BCUT2D eigenvalue weighted by Crippen LogP contribution is 2.26. The Labute approximate surface area is 122 Å². The summed E-state index contributed by atoms with van der Waals surface area (Å²) in [6, 6.07) is 2.07. The van der Waals surface area contributed by atoms with E-state index in [4.69, 9.17) is 0 Å². The Balaban J connectivity index is 1.97. The molecular formula is C15H19NO3S. The van der Waals surface area contributed by atoms with Crippen LogP contribution in [-0.2, 0) is 16.1 Å². The zero-order valence-electron chi connectivity index (χ0n) is 11.7. The molecule has 0 saturated carbocycles. The summed E-state index contributed by atoms with van der Waals surface area (Å²) in [5.74, 6) is -2.12. The molecule has 1 aromatic rings. The first-order chi connectivity index (χ1) is 9.49. The standard InChI is InChI=1S/C15H19NO3S/c1-9-7-11(20-10(9)2)8-16-14(17)12-5-3-4-6-13(12)15(18)19/h3-4,7,12-13H,5-6,8H2,1-2H3,(H,16,17)(H,18,19)/t12-,13+/m1/s1. The Morgan fingerprint density at radius 1 is 1.30 bits per heavy atom. The maximum Gasteiger partial charge on any atom is 0.307 e. The summed E-state index contributed by atoms with van der Waals surface area (Å²) in [6.45, 7) is 4.58. The minimum absolute atomic E-state index is 0.162. The van der Waals surface area contributed by atoms with Crippen LogP contribution in [0.1, 0.15) is 28.2 Å². The SMILES string of the molecule is Cc1cc(CNC(=O)[C@@H]2CC=CC[C@@H]2C(=O)O)sc1C. The molecule has 0 fully saturated rings. The third-order valence-electron chi connectivity index (χ3n) is 3.74. The summed E-state index contributed by atoms with van der Waals surface area (Å²) in [5.41, 5.74) is 1.23. The smallest absolute Gasteiger partial charge is 0.307 e. The number of aryl methyl sites for hydroxylation is 2. The second-order valence-electron chi connectivity index (χ2n) is 5.16. The van der Waals surface area contributed by atoms with Crippen molar-refractivity contribution in [1.82, 2.24) is 5.32 Å². The lowest BCUT2D eigenvalue weighted by atomic mass is 9.82. The van der Waals surface area contributed by atoms with Crippen LogP contribution in [0.3, 0.4) is 0 Å². The van der Waals surface area contributed by atoms with E-state index in [0.717, 1.165) is 4.88 Å². The number of amides is 1. The fraction of sp³-hybridized carbons (Fsp3) is 0.467. The first-order valence-electron chi connectivity index (χ1n) is 6.70. The number of nitrogens with one attached hydrogen (secondary N) is 1. The summed E-state index contributed by atoms with van der Waals surface area (Å²) < 4.78 is 0. The van der Waals surface area contributed by atoms with Crippen molar-refractivity contribution in [3.05, 3.63) is 33.5 Å². The number of rotatable bonds is 4. The van der Waals surface area contributed by atoms with Crippen LogP contribution in [0.5, 0.6) is 0 Å². The average Bonchev–Trinajstić information content (AvgIpc) is 2.75. The molecule has 108 valence electrons. The molecular weight excluding hydrogens is 274 g/mol. The molecule has 1 aromatic heterocycles. The maximum absolute atomic E-state index is 12.2. The Hall–Kier alpha value is -1.62. The molecule has 2 N–H and O–H groups in total. The fourth-order valence-electron chi connectivity index (χ4n) is 2.42. The Kier molecular flexibility index (Phi) is 4.60. The molecule has 1 amide bonds. The highest BCUT2D eigenvalue weighted by Gasteiger charge is 2.33. The lowest BCUT2D eigenvalue weighted by Gasteiger charge is -2.24. The zero-order valence-corrected chi connectivity index (χ0v) is 12.5.